The standard InChI is InChI=1S/C28H34O2Si/c1-28(2,3)31(26-15-9-5-10-16-26,27-17-11-6-12-18-27)23-25(19-20-29)22-30-21-24-13-7-4-8-14-24/h4-18,20,25H,19,21-23H2,1-3H3/t25-/m1/s1. The lowest BCUT2D eigenvalue weighted by Crippen LogP contribution is -2.65. The average Bonchev–Trinajstić information content (AvgIpc) is 2.78. The molecule has 0 aliphatic carbocycles. The van der Waals surface area contributed by atoms with Gasteiger partial charge >= 0.3 is 0 Å². The van der Waals surface area contributed by atoms with Gasteiger partial charge in [-0.1, -0.05) is 122 Å². The van der Waals surface area contributed by atoms with Crippen LogP contribution in [0.4, 0.5) is 0 Å². The number of hydrogen-bond donors (Lipinski definition) is 0. The van der Waals surface area contributed by atoms with E-state index in [1.54, 1.807) is 0 Å². The van der Waals surface area contributed by atoms with Crippen LogP contribution < -0.4 is 10.4 Å². The highest BCUT2D eigenvalue weighted by Crippen LogP contribution is 2.41. The van der Waals surface area contributed by atoms with Gasteiger partial charge in [-0.05, 0) is 22.6 Å². The highest BCUT2D eigenvalue weighted by molar-refractivity contribution is 7.04. The van der Waals surface area contributed by atoms with E-state index in [2.05, 4.69) is 93.6 Å². The molecule has 3 aromatic carbocycles. The molecular weight excluding hydrogens is 396 g/mol. The van der Waals surface area contributed by atoms with E-state index in [9.17, 15) is 4.79 Å². The molecule has 0 N–H and O–H groups in total. The van der Waals surface area contributed by atoms with Gasteiger partial charge in [-0.25, -0.2) is 0 Å². The molecule has 31 heavy (non-hydrogen) atoms. The molecule has 0 aromatic heterocycles. The molecule has 2 nitrogen and oxygen atoms in total. The van der Waals surface area contributed by atoms with Crippen LogP contribution in [0.5, 0.6) is 0 Å². The Bertz CT molecular complexity index is 878. The first-order valence-electron chi connectivity index (χ1n) is 11.1. The minimum Gasteiger partial charge on any atom is -0.376 e. The lowest BCUT2D eigenvalue weighted by atomic mass is 10.1. The SMILES string of the molecule is CC(C)(C)[Si](C[C@H](CC=O)COCc1ccccc1)(c1ccccc1)c1ccccc1. The van der Waals surface area contributed by atoms with E-state index in [0.29, 0.717) is 19.6 Å². The first-order valence-corrected chi connectivity index (χ1v) is 13.3. The first kappa shape index (κ1) is 23.2. The Labute approximate surface area is 188 Å². The molecule has 3 aromatic rings. The molecule has 0 unspecified atom stereocenters. The zero-order valence-electron chi connectivity index (χ0n) is 19.0. The highest BCUT2D eigenvalue weighted by Gasteiger charge is 2.48. The summed E-state index contributed by atoms with van der Waals surface area (Å²) in [6, 6.07) is 33.1. The zero-order valence-corrected chi connectivity index (χ0v) is 20.0. The van der Waals surface area contributed by atoms with Gasteiger partial charge in [0.2, 0.25) is 0 Å². The minimum absolute atomic E-state index is 0.0796. The van der Waals surface area contributed by atoms with Crippen molar-refractivity contribution < 1.29 is 9.53 Å². The lowest BCUT2D eigenvalue weighted by Gasteiger charge is -2.46. The smallest absolute Gasteiger partial charge is 0.123 e. The van der Waals surface area contributed by atoms with Crippen LogP contribution in [0.3, 0.4) is 0 Å². The van der Waals surface area contributed by atoms with Crippen LogP contribution in [0.1, 0.15) is 32.8 Å². The second-order valence-electron chi connectivity index (χ2n) is 9.36. The van der Waals surface area contributed by atoms with Gasteiger partial charge in [-0.2, -0.15) is 0 Å². The number of carbonyl (C=O) groups is 1. The van der Waals surface area contributed by atoms with E-state index in [1.807, 2.05) is 18.2 Å². The number of carbonyl (C=O) groups excluding carboxylic acids is 1. The van der Waals surface area contributed by atoms with Crippen LogP contribution in [-0.2, 0) is 16.1 Å². The number of benzene rings is 3. The molecular formula is C28H34O2Si. The van der Waals surface area contributed by atoms with Gasteiger partial charge in [0.25, 0.3) is 0 Å². The summed E-state index contributed by atoms with van der Waals surface area (Å²) in [6.45, 7) is 8.27. The Morgan fingerprint density at radius 1 is 0.806 bits per heavy atom. The Balaban J connectivity index is 1.94. The molecule has 0 bridgehead atoms. The van der Waals surface area contributed by atoms with Crippen LogP contribution >= 0.6 is 0 Å². The third-order valence-electron chi connectivity index (χ3n) is 6.30. The van der Waals surface area contributed by atoms with Gasteiger partial charge in [-0.15, -0.1) is 0 Å². The summed E-state index contributed by atoms with van der Waals surface area (Å²) in [5.41, 5.74) is 1.16. The second kappa shape index (κ2) is 10.7. The fourth-order valence-electron chi connectivity index (χ4n) is 4.72. The maximum absolute atomic E-state index is 11.6. The number of ether oxygens (including phenoxy) is 1. The third-order valence-corrected chi connectivity index (χ3v) is 12.7. The molecule has 0 spiro atoms. The van der Waals surface area contributed by atoms with Crippen molar-refractivity contribution in [2.75, 3.05) is 6.61 Å². The summed E-state index contributed by atoms with van der Waals surface area (Å²) in [6.07, 6.45) is 1.59. The maximum Gasteiger partial charge on any atom is 0.123 e. The number of rotatable bonds is 10. The molecule has 0 saturated heterocycles. The molecule has 0 saturated carbocycles. The molecule has 162 valence electrons. The van der Waals surface area contributed by atoms with Crippen molar-refractivity contribution in [3.8, 4) is 0 Å². The Morgan fingerprint density at radius 3 is 1.74 bits per heavy atom. The Kier molecular flexibility index (Phi) is 8.00. The summed E-state index contributed by atoms with van der Waals surface area (Å²) in [5, 5.41) is 2.93. The molecule has 0 heterocycles. The van der Waals surface area contributed by atoms with Crippen molar-refractivity contribution in [3.63, 3.8) is 0 Å². The first-order chi connectivity index (χ1) is 15.0. The lowest BCUT2D eigenvalue weighted by molar-refractivity contribution is -0.109. The van der Waals surface area contributed by atoms with Gasteiger partial charge < -0.3 is 9.53 Å². The predicted molar refractivity (Wildman–Crippen MR) is 133 cm³/mol. The maximum atomic E-state index is 11.6. The van der Waals surface area contributed by atoms with E-state index in [0.717, 1.165) is 17.9 Å². The Hall–Kier alpha value is -2.49. The molecule has 0 aliphatic heterocycles. The molecule has 0 aliphatic rings. The highest BCUT2D eigenvalue weighted by atomic mass is 28.3. The summed E-state index contributed by atoms with van der Waals surface area (Å²) < 4.78 is 6.13. The van der Waals surface area contributed by atoms with Crippen molar-refractivity contribution in [2.24, 2.45) is 5.92 Å². The van der Waals surface area contributed by atoms with Crippen LogP contribution in [0.25, 0.3) is 0 Å². The molecule has 1 atom stereocenters. The molecule has 0 fully saturated rings. The topological polar surface area (TPSA) is 26.3 Å². The predicted octanol–water partition coefficient (Wildman–Crippen LogP) is 5.47. The Morgan fingerprint density at radius 2 is 1.29 bits per heavy atom. The number of aldehydes is 1. The van der Waals surface area contributed by atoms with Crippen LogP contribution in [0.2, 0.25) is 11.1 Å². The summed E-state index contributed by atoms with van der Waals surface area (Å²) in [5.74, 6) is 0.188. The van der Waals surface area contributed by atoms with E-state index < -0.39 is 8.07 Å². The quantitative estimate of drug-likeness (QED) is 0.315. The van der Waals surface area contributed by atoms with Crippen molar-refractivity contribution in [2.45, 2.75) is 44.9 Å². The third kappa shape index (κ3) is 5.60. The minimum atomic E-state index is -2.22. The summed E-state index contributed by atoms with van der Waals surface area (Å²) in [4.78, 5) is 11.6. The van der Waals surface area contributed by atoms with Gasteiger partial charge in [0.15, 0.2) is 0 Å². The van der Waals surface area contributed by atoms with E-state index in [1.165, 1.54) is 10.4 Å². The van der Waals surface area contributed by atoms with Gasteiger partial charge in [0.05, 0.1) is 13.2 Å². The normalized spacial score (nSPS) is 13.0. The van der Waals surface area contributed by atoms with Gasteiger partial charge in [0.1, 0.15) is 14.4 Å². The fraction of sp³-hybridized carbons (Fsp3) is 0.321. The van der Waals surface area contributed by atoms with Crippen molar-refractivity contribution >= 4 is 24.7 Å². The average molecular weight is 431 g/mol. The van der Waals surface area contributed by atoms with E-state index >= 15 is 0 Å². The number of hydrogen-bond acceptors (Lipinski definition) is 2. The zero-order chi connectivity index (χ0) is 22.2. The van der Waals surface area contributed by atoms with Gasteiger partial charge in [-0.3, -0.25) is 0 Å². The molecule has 0 amide bonds. The summed E-state index contributed by atoms with van der Waals surface area (Å²) >= 11 is 0. The second-order valence-corrected chi connectivity index (χ2v) is 14.2. The van der Waals surface area contributed by atoms with Crippen LogP contribution in [0, 0.1) is 5.92 Å². The van der Waals surface area contributed by atoms with Crippen molar-refractivity contribution in [1.82, 2.24) is 0 Å². The fourth-order valence-corrected chi connectivity index (χ4v) is 10.5. The van der Waals surface area contributed by atoms with Crippen molar-refractivity contribution in [1.29, 1.82) is 0 Å². The summed E-state index contributed by atoms with van der Waals surface area (Å²) in [7, 11) is -2.22. The largest absolute Gasteiger partial charge is 0.376 e. The van der Waals surface area contributed by atoms with E-state index in [4.69, 9.17) is 4.74 Å². The van der Waals surface area contributed by atoms with Gasteiger partial charge in [0, 0.05) is 6.42 Å². The molecule has 3 rings (SSSR count). The monoisotopic (exact) mass is 430 g/mol. The molecule has 0 radical (unpaired) electrons. The van der Waals surface area contributed by atoms with Crippen LogP contribution in [0.15, 0.2) is 91.0 Å². The molecule has 3 heteroatoms. The van der Waals surface area contributed by atoms with Crippen molar-refractivity contribution in [3.05, 3.63) is 96.6 Å². The van der Waals surface area contributed by atoms with Crippen LogP contribution in [-0.4, -0.2) is 21.0 Å². The van der Waals surface area contributed by atoms with E-state index in [-0.39, 0.29) is 11.0 Å².